The van der Waals surface area contributed by atoms with E-state index in [1.54, 1.807) is 12.5 Å². The van der Waals surface area contributed by atoms with Crippen LogP contribution in [0.4, 0.5) is 0 Å². The Kier molecular flexibility index (Phi) is 6.15. The van der Waals surface area contributed by atoms with E-state index in [1.165, 1.54) is 16.3 Å². The Hall–Kier alpha value is -3.17. The molecule has 5 rings (SSSR count). The second-order valence-electron chi connectivity index (χ2n) is 8.43. The topological polar surface area (TPSA) is 91.3 Å². The molecule has 0 saturated carbocycles. The van der Waals surface area contributed by atoms with Gasteiger partial charge < -0.3 is 14.2 Å². The first-order chi connectivity index (χ1) is 16.1. The number of furan rings is 2. The summed E-state index contributed by atoms with van der Waals surface area (Å²) < 4.78 is 11.1. The normalized spacial score (nSPS) is 19.6. The molecule has 0 bridgehead atoms. The third kappa shape index (κ3) is 4.79. The first-order valence-electron chi connectivity index (χ1n) is 11.1. The molecule has 0 radical (unpaired) electrons. The number of hydrogen-bond donors (Lipinski definition) is 1. The van der Waals surface area contributed by atoms with E-state index >= 15 is 0 Å². The van der Waals surface area contributed by atoms with Crippen molar-refractivity contribution in [3.8, 4) is 0 Å². The van der Waals surface area contributed by atoms with Gasteiger partial charge in [-0.1, -0.05) is 0 Å². The summed E-state index contributed by atoms with van der Waals surface area (Å²) in [5, 5.41) is 9.25. The van der Waals surface area contributed by atoms with Gasteiger partial charge in [-0.15, -0.1) is 11.3 Å². The van der Waals surface area contributed by atoms with Crippen molar-refractivity contribution in [3.63, 3.8) is 0 Å². The van der Waals surface area contributed by atoms with E-state index in [2.05, 4.69) is 15.3 Å². The minimum atomic E-state index is -0.279. The molecule has 3 aromatic heterocycles. The molecular formula is C24H26N4O4S. The molecule has 0 spiro atoms. The summed E-state index contributed by atoms with van der Waals surface area (Å²) in [6.07, 6.45) is 5.38. The highest BCUT2D eigenvalue weighted by atomic mass is 32.1. The average molecular weight is 467 g/mol. The SMILES string of the molecule is Cc1ccc(C(=O)NC2CCN(CC(=O)N3N=C(c4ccco4)CC3c3ccco3)CC2)s1. The van der Waals surface area contributed by atoms with Crippen molar-refractivity contribution < 1.29 is 18.4 Å². The zero-order valence-corrected chi connectivity index (χ0v) is 19.2. The molecule has 5 heterocycles. The number of aryl methyl sites for hydroxylation is 1. The van der Waals surface area contributed by atoms with Crippen LogP contribution in [0.15, 0.2) is 62.9 Å². The number of piperidine rings is 1. The smallest absolute Gasteiger partial charge is 0.261 e. The number of carbonyl (C=O) groups is 2. The highest BCUT2D eigenvalue weighted by Crippen LogP contribution is 2.33. The maximum atomic E-state index is 13.2. The molecule has 1 unspecified atom stereocenters. The van der Waals surface area contributed by atoms with Gasteiger partial charge >= 0.3 is 0 Å². The van der Waals surface area contributed by atoms with E-state index in [4.69, 9.17) is 8.83 Å². The molecule has 1 saturated heterocycles. The maximum absolute atomic E-state index is 13.2. The van der Waals surface area contributed by atoms with Crippen LogP contribution in [0.2, 0.25) is 0 Å². The fraction of sp³-hybridized carbons (Fsp3) is 0.375. The lowest BCUT2D eigenvalue weighted by Crippen LogP contribution is -2.47. The van der Waals surface area contributed by atoms with Gasteiger partial charge in [0.05, 0.1) is 23.9 Å². The summed E-state index contributed by atoms with van der Waals surface area (Å²) in [7, 11) is 0. The minimum Gasteiger partial charge on any atom is -0.467 e. The molecule has 0 aliphatic carbocycles. The van der Waals surface area contributed by atoms with Crippen molar-refractivity contribution in [1.29, 1.82) is 0 Å². The Morgan fingerprint density at radius 2 is 1.91 bits per heavy atom. The number of thiophene rings is 1. The van der Waals surface area contributed by atoms with Gasteiger partial charge in [0.2, 0.25) is 0 Å². The Bertz CT molecular complexity index is 1130. The van der Waals surface area contributed by atoms with Crippen LogP contribution in [0.3, 0.4) is 0 Å². The summed E-state index contributed by atoms with van der Waals surface area (Å²) in [6.45, 7) is 3.76. The van der Waals surface area contributed by atoms with Crippen LogP contribution in [0.5, 0.6) is 0 Å². The number of rotatable bonds is 6. The number of hydrogen-bond acceptors (Lipinski definition) is 7. The van der Waals surface area contributed by atoms with Crippen LogP contribution in [0, 0.1) is 6.92 Å². The van der Waals surface area contributed by atoms with Gasteiger partial charge in [0, 0.05) is 30.4 Å². The summed E-state index contributed by atoms with van der Waals surface area (Å²) in [4.78, 5) is 29.6. The highest BCUT2D eigenvalue weighted by Gasteiger charge is 2.36. The minimum absolute atomic E-state index is 0.0132. The van der Waals surface area contributed by atoms with Crippen LogP contribution in [0.25, 0.3) is 0 Å². The van der Waals surface area contributed by atoms with Gasteiger partial charge in [0.1, 0.15) is 23.3 Å². The first kappa shape index (κ1) is 21.7. The van der Waals surface area contributed by atoms with E-state index in [0.29, 0.717) is 17.9 Å². The van der Waals surface area contributed by atoms with Gasteiger partial charge in [0.15, 0.2) is 0 Å². The van der Waals surface area contributed by atoms with Gasteiger partial charge in [0.25, 0.3) is 11.8 Å². The Balaban J connectivity index is 1.19. The molecule has 1 N–H and O–H groups in total. The number of nitrogens with one attached hydrogen (secondary N) is 1. The molecule has 2 aliphatic rings. The monoisotopic (exact) mass is 466 g/mol. The molecule has 2 aliphatic heterocycles. The van der Waals surface area contributed by atoms with Gasteiger partial charge in [-0.05, 0) is 56.2 Å². The lowest BCUT2D eigenvalue weighted by atomic mass is 10.0. The lowest BCUT2D eigenvalue weighted by Gasteiger charge is -2.32. The molecule has 33 heavy (non-hydrogen) atoms. The predicted octanol–water partition coefficient (Wildman–Crippen LogP) is 3.81. The van der Waals surface area contributed by atoms with Crippen molar-refractivity contribution in [1.82, 2.24) is 15.2 Å². The first-order valence-corrected chi connectivity index (χ1v) is 11.9. The highest BCUT2D eigenvalue weighted by molar-refractivity contribution is 7.13. The quantitative estimate of drug-likeness (QED) is 0.596. The van der Waals surface area contributed by atoms with Crippen molar-refractivity contribution in [2.45, 2.75) is 38.3 Å². The van der Waals surface area contributed by atoms with Gasteiger partial charge in [-0.3, -0.25) is 14.5 Å². The maximum Gasteiger partial charge on any atom is 0.261 e. The summed E-state index contributed by atoms with van der Waals surface area (Å²) in [5.74, 6) is 1.29. The number of amides is 2. The van der Waals surface area contributed by atoms with Crippen LogP contribution in [-0.4, -0.2) is 53.1 Å². The zero-order valence-electron chi connectivity index (χ0n) is 18.4. The average Bonchev–Trinajstić information content (AvgIpc) is 3.61. The lowest BCUT2D eigenvalue weighted by molar-refractivity contribution is -0.134. The van der Waals surface area contributed by atoms with Gasteiger partial charge in [-0.25, -0.2) is 5.01 Å². The third-order valence-electron chi connectivity index (χ3n) is 6.09. The fourth-order valence-corrected chi connectivity index (χ4v) is 5.12. The largest absolute Gasteiger partial charge is 0.467 e. The molecule has 1 atom stereocenters. The second-order valence-corrected chi connectivity index (χ2v) is 9.72. The van der Waals surface area contributed by atoms with E-state index in [0.717, 1.165) is 41.4 Å². The molecular weight excluding hydrogens is 440 g/mol. The van der Waals surface area contributed by atoms with Crippen LogP contribution in [0.1, 0.15) is 51.4 Å². The summed E-state index contributed by atoms with van der Waals surface area (Å²) in [6, 6.07) is 11.0. The van der Waals surface area contributed by atoms with E-state index < -0.39 is 0 Å². The standard InChI is InChI=1S/C24H26N4O4S/c1-16-6-7-22(33-16)24(30)25-17-8-10-27(11-9-17)15-23(29)28-19(21-5-3-13-32-21)14-18(26-28)20-4-2-12-31-20/h2-7,12-13,17,19H,8-11,14-15H2,1H3,(H,25,30). The Morgan fingerprint density at radius 3 is 2.58 bits per heavy atom. The molecule has 1 fully saturated rings. The number of likely N-dealkylation sites (tertiary alicyclic amines) is 1. The van der Waals surface area contributed by atoms with Crippen LogP contribution < -0.4 is 5.32 Å². The third-order valence-corrected chi connectivity index (χ3v) is 7.09. The molecule has 0 aromatic carbocycles. The zero-order chi connectivity index (χ0) is 22.8. The van der Waals surface area contributed by atoms with Crippen molar-refractivity contribution >= 4 is 28.9 Å². The van der Waals surface area contributed by atoms with Crippen LogP contribution in [-0.2, 0) is 4.79 Å². The van der Waals surface area contributed by atoms with Gasteiger partial charge in [-0.2, -0.15) is 5.10 Å². The van der Waals surface area contributed by atoms with Crippen molar-refractivity contribution in [2.24, 2.45) is 5.10 Å². The molecule has 3 aromatic rings. The number of nitrogens with zero attached hydrogens (tertiary/aromatic N) is 3. The number of hydrazone groups is 1. The molecule has 172 valence electrons. The molecule has 8 nitrogen and oxygen atoms in total. The van der Waals surface area contributed by atoms with Crippen molar-refractivity contribution in [3.05, 3.63) is 70.2 Å². The van der Waals surface area contributed by atoms with E-state index in [9.17, 15) is 9.59 Å². The fourth-order valence-electron chi connectivity index (χ4n) is 4.35. The van der Waals surface area contributed by atoms with E-state index in [1.807, 2.05) is 43.3 Å². The summed E-state index contributed by atoms with van der Waals surface area (Å²) >= 11 is 1.51. The Morgan fingerprint density at radius 1 is 1.12 bits per heavy atom. The van der Waals surface area contributed by atoms with Crippen molar-refractivity contribution in [2.75, 3.05) is 19.6 Å². The van der Waals surface area contributed by atoms with Crippen LogP contribution >= 0.6 is 11.3 Å². The molecule has 2 amide bonds. The Labute approximate surface area is 195 Å². The molecule has 9 heteroatoms. The predicted molar refractivity (Wildman–Crippen MR) is 124 cm³/mol. The second kappa shape index (κ2) is 9.36. The number of carbonyl (C=O) groups excluding carboxylic acids is 2. The van der Waals surface area contributed by atoms with E-state index in [-0.39, 0.29) is 30.4 Å². The summed E-state index contributed by atoms with van der Waals surface area (Å²) in [5.41, 5.74) is 0.736.